The van der Waals surface area contributed by atoms with E-state index in [2.05, 4.69) is 10.3 Å². The van der Waals surface area contributed by atoms with Crippen LogP contribution in [0.2, 0.25) is 0 Å². The van der Waals surface area contributed by atoms with Gasteiger partial charge >= 0.3 is 0 Å². The second-order valence-electron chi connectivity index (χ2n) is 5.69. The number of hydrogen-bond donors (Lipinski definition) is 1. The summed E-state index contributed by atoms with van der Waals surface area (Å²) < 4.78 is 0. The van der Waals surface area contributed by atoms with Gasteiger partial charge in [0, 0.05) is 31.8 Å². The van der Waals surface area contributed by atoms with Crippen molar-refractivity contribution < 1.29 is 9.72 Å². The van der Waals surface area contributed by atoms with Crippen molar-refractivity contribution in [2.24, 2.45) is 0 Å². The normalized spacial score (nSPS) is 10.3. The maximum atomic E-state index is 12.0. The minimum Gasteiger partial charge on any atom is -0.370 e. The number of aromatic nitrogens is 1. The minimum atomic E-state index is -0.445. The SMILES string of the molecule is Cc1cc(NCCc2cccc(C(=O)N(C)C)c2)ncc1[N+](=O)[O-]. The summed E-state index contributed by atoms with van der Waals surface area (Å²) in [4.78, 5) is 27.9. The van der Waals surface area contributed by atoms with Crippen LogP contribution in [0.1, 0.15) is 21.5 Å². The molecular formula is C17H20N4O3. The van der Waals surface area contributed by atoms with Crippen molar-refractivity contribution in [2.75, 3.05) is 26.0 Å². The van der Waals surface area contributed by atoms with E-state index >= 15 is 0 Å². The molecule has 7 nitrogen and oxygen atoms in total. The zero-order chi connectivity index (χ0) is 17.7. The average Bonchev–Trinajstić information content (AvgIpc) is 2.54. The summed E-state index contributed by atoms with van der Waals surface area (Å²) in [5.41, 5.74) is 2.27. The third kappa shape index (κ3) is 4.28. The van der Waals surface area contributed by atoms with Gasteiger partial charge in [-0.1, -0.05) is 12.1 Å². The summed E-state index contributed by atoms with van der Waals surface area (Å²) in [6.45, 7) is 2.30. The molecule has 0 radical (unpaired) electrons. The number of rotatable bonds is 6. The Kier molecular flexibility index (Phi) is 5.47. The van der Waals surface area contributed by atoms with Crippen molar-refractivity contribution in [1.29, 1.82) is 0 Å². The fourth-order valence-corrected chi connectivity index (χ4v) is 2.29. The van der Waals surface area contributed by atoms with Crippen LogP contribution in [0.15, 0.2) is 36.5 Å². The van der Waals surface area contributed by atoms with Crippen LogP contribution in [0.5, 0.6) is 0 Å². The molecule has 1 amide bonds. The molecule has 2 aromatic rings. The number of aryl methyl sites for hydroxylation is 1. The number of carbonyl (C=O) groups excluding carboxylic acids is 1. The van der Waals surface area contributed by atoms with Gasteiger partial charge in [0.2, 0.25) is 0 Å². The van der Waals surface area contributed by atoms with Crippen molar-refractivity contribution in [3.8, 4) is 0 Å². The number of hydrogen-bond acceptors (Lipinski definition) is 5. The molecule has 7 heteroatoms. The number of anilines is 1. The topological polar surface area (TPSA) is 88.4 Å². The molecular weight excluding hydrogens is 308 g/mol. The first-order valence-electron chi connectivity index (χ1n) is 7.54. The van der Waals surface area contributed by atoms with Crippen LogP contribution in [0.3, 0.4) is 0 Å². The van der Waals surface area contributed by atoms with Crippen LogP contribution in [0.25, 0.3) is 0 Å². The van der Waals surface area contributed by atoms with E-state index in [0.717, 1.165) is 5.56 Å². The maximum absolute atomic E-state index is 12.0. The Labute approximate surface area is 140 Å². The third-order valence-electron chi connectivity index (χ3n) is 3.58. The van der Waals surface area contributed by atoms with E-state index in [0.29, 0.717) is 29.9 Å². The van der Waals surface area contributed by atoms with Crippen molar-refractivity contribution in [2.45, 2.75) is 13.3 Å². The zero-order valence-corrected chi connectivity index (χ0v) is 13.9. The van der Waals surface area contributed by atoms with Crippen LogP contribution in [-0.4, -0.2) is 41.4 Å². The molecule has 2 rings (SSSR count). The molecule has 1 aromatic heterocycles. The number of benzene rings is 1. The average molecular weight is 328 g/mol. The predicted molar refractivity (Wildman–Crippen MR) is 92.3 cm³/mol. The lowest BCUT2D eigenvalue weighted by Crippen LogP contribution is -2.21. The molecule has 0 atom stereocenters. The number of carbonyl (C=O) groups is 1. The number of nitrogens with one attached hydrogen (secondary N) is 1. The van der Waals surface area contributed by atoms with Gasteiger partial charge in [-0.25, -0.2) is 4.98 Å². The molecule has 0 saturated heterocycles. The highest BCUT2D eigenvalue weighted by Crippen LogP contribution is 2.18. The summed E-state index contributed by atoms with van der Waals surface area (Å²) in [6.07, 6.45) is 1.97. The molecule has 0 fully saturated rings. The summed E-state index contributed by atoms with van der Waals surface area (Å²) in [7, 11) is 3.44. The molecule has 0 spiro atoms. The van der Waals surface area contributed by atoms with Crippen LogP contribution in [0, 0.1) is 17.0 Å². The predicted octanol–water partition coefficient (Wildman–Crippen LogP) is 2.65. The van der Waals surface area contributed by atoms with E-state index in [-0.39, 0.29) is 11.6 Å². The molecule has 126 valence electrons. The number of amides is 1. The van der Waals surface area contributed by atoms with Crippen LogP contribution >= 0.6 is 0 Å². The Morgan fingerprint density at radius 1 is 1.33 bits per heavy atom. The first kappa shape index (κ1) is 17.4. The van der Waals surface area contributed by atoms with E-state index in [4.69, 9.17) is 0 Å². The number of nitrogens with zero attached hydrogens (tertiary/aromatic N) is 3. The molecule has 1 aromatic carbocycles. The Morgan fingerprint density at radius 3 is 2.71 bits per heavy atom. The van der Waals surface area contributed by atoms with Crippen molar-refractivity contribution >= 4 is 17.4 Å². The van der Waals surface area contributed by atoms with Gasteiger partial charge in [0.05, 0.1) is 4.92 Å². The van der Waals surface area contributed by atoms with Gasteiger partial charge in [-0.3, -0.25) is 14.9 Å². The molecule has 0 unspecified atom stereocenters. The Hall–Kier alpha value is -2.96. The van der Waals surface area contributed by atoms with Gasteiger partial charge in [0.25, 0.3) is 11.6 Å². The lowest BCUT2D eigenvalue weighted by Gasteiger charge is -2.11. The van der Waals surface area contributed by atoms with Crippen LogP contribution in [0.4, 0.5) is 11.5 Å². The van der Waals surface area contributed by atoms with Crippen molar-refractivity contribution in [3.05, 3.63) is 63.3 Å². The Balaban J connectivity index is 1.97. The van der Waals surface area contributed by atoms with E-state index in [1.165, 1.54) is 6.20 Å². The molecule has 1 heterocycles. The number of nitro groups is 1. The van der Waals surface area contributed by atoms with Gasteiger partial charge in [-0.2, -0.15) is 0 Å². The Bertz CT molecular complexity index is 759. The van der Waals surface area contributed by atoms with E-state index in [1.54, 1.807) is 38.1 Å². The number of pyridine rings is 1. The second-order valence-corrected chi connectivity index (χ2v) is 5.69. The van der Waals surface area contributed by atoms with Gasteiger partial charge in [0.15, 0.2) is 0 Å². The van der Waals surface area contributed by atoms with Crippen molar-refractivity contribution in [3.63, 3.8) is 0 Å². The van der Waals surface area contributed by atoms with Gasteiger partial charge < -0.3 is 10.2 Å². The third-order valence-corrected chi connectivity index (χ3v) is 3.58. The monoisotopic (exact) mass is 328 g/mol. The fraction of sp³-hybridized carbons (Fsp3) is 0.294. The molecule has 1 N–H and O–H groups in total. The second kappa shape index (κ2) is 7.54. The van der Waals surface area contributed by atoms with Gasteiger partial charge in [0.1, 0.15) is 12.0 Å². The van der Waals surface area contributed by atoms with E-state index < -0.39 is 4.92 Å². The first-order valence-corrected chi connectivity index (χ1v) is 7.54. The molecule has 0 aliphatic rings. The van der Waals surface area contributed by atoms with Crippen LogP contribution in [-0.2, 0) is 6.42 Å². The summed E-state index contributed by atoms with van der Waals surface area (Å²) >= 11 is 0. The maximum Gasteiger partial charge on any atom is 0.290 e. The van der Waals surface area contributed by atoms with E-state index in [9.17, 15) is 14.9 Å². The van der Waals surface area contributed by atoms with Crippen molar-refractivity contribution in [1.82, 2.24) is 9.88 Å². The first-order chi connectivity index (χ1) is 11.4. The van der Waals surface area contributed by atoms with E-state index in [1.807, 2.05) is 18.2 Å². The molecule has 0 aliphatic carbocycles. The largest absolute Gasteiger partial charge is 0.370 e. The summed E-state index contributed by atoms with van der Waals surface area (Å²) in [5, 5.41) is 13.9. The smallest absolute Gasteiger partial charge is 0.290 e. The molecule has 0 aliphatic heterocycles. The standard InChI is InChI=1S/C17H20N4O3/c1-12-9-16(19-11-15(12)21(23)24)18-8-7-13-5-4-6-14(10-13)17(22)20(2)3/h4-6,9-11H,7-8H2,1-3H3,(H,18,19). The lowest BCUT2D eigenvalue weighted by atomic mass is 10.1. The summed E-state index contributed by atoms with van der Waals surface area (Å²) in [5.74, 6) is 0.566. The fourth-order valence-electron chi connectivity index (χ4n) is 2.29. The molecule has 0 bridgehead atoms. The highest BCUT2D eigenvalue weighted by atomic mass is 16.6. The molecule has 0 saturated carbocycles. The molecule has 24 heavy (non-hydrogen) atoms. The van der Waals surface area contributed by atoms with Gasteiger partial charge in [-0.05, 0) is 37.1 Å². The Morgan fingerprint density at radius 2 is 2.08 bits per heavy atom. The van der Waals surface area contributed by atoms with Gasteiger partial charge in [-0.15, -0.1) is 0 Å². The van der Waals surface area contributed by atoms with Crippen LogP contribution < -0.4 is 5.32 Å². The highest BCUT2D eigenvalue weighted by molar-refractivity contribution is 5.94. The minimum absolute atomic E-state index is 0.00968. The quantitative estimate of drug-likeness (QED) is 0.650. The zero-order valence-electron chi connectivity index (χ0n) is 13.9. The summed E-state index contributed by atoms with van der Waals surface area (Å²) in [6, 6.07) is 9.14. The lowest BCUT2D eigenvalue weighted by molar-refractivity contribution is -0.385. The highest BCUT2D eigenvalue weighted by Gasteiger charge is 2.11.